The summed E-state index contributed by atoms with van der Waals surface area (Å²) in [6.07, 6.45) is 0.353. The molecule has 0 saturated carbocycles. The lowest BCUT2D eigenvalue weighted by Crippen LogP contribution is -2.35. The molecule has 22 heavy (non-hydrogen) atoms. The quantitative estimate of drug-likeness (QED) is 0.570. The zero-order valence-corrected chi connectivity index (χ0v) is 14.2. The summed E-state index contributed by atoms with van der Waals surface area (Å²) in [5.41, 5.74) is 1.63. The van der Waals surface area contributed by atoms with Gasteiger partial charge < -0.3 is 10.6 Å². The van der Waals surface area contributed by atoms with E-state index in [-0.39, 0.29) is 11.8 Å². The molecule has 2 aromatic carbocycles. The molecule has 0 atom stereocenters. The molecule has 0 aliphatic carbocycles. The molecule has 0 aliphatic rings. The van der Waals surface area contributed by atoms with Crippen molar-refractivity contribution in [3.63, 3.8) is 0 Å². The van der Waals surface area contributed by atoms with Gasteiger partial charge in [-0.1, -0.05) is 42.5 Å². The van der Waals surface area contributed by atoms with Gasteiger partial charge in [0, 0.05) is 16.7 Å². The van der Waals surface area contributed by atoms with Gasteiger partial charge in [-0.25, -0.2) is 0 Å². The maximum Gasteiger partial charge on any atom is 0.252 e. The lowest BCUT2D eigenvalue weighted by Gasteiger charge is -2.08. The fraction of sp³-hybridized carbons (Fsp3) is 0.176. The van der Waals surface area contributed by atoms with Crippen LogP contribution < -0.4 is 10.6 Å². The molecule has 5 heteroatoms. The Bertz CT molecular complexity index is 644. The highest BCUT2D eigenvalue weighted by Crippen LogP contribution is 2.10. The van der Waals surface area contributed by atoms with E-state index in [4.69, 9.17) is 0 Å². The smallest absolute Gasteiger partial charge is 0.252 e. The van der Waals surface area contributed by atoms with Gasteiger partial charge >= 0.3 is 0 Å². The van der Waals surface area contributed by atoms with Gasteiger partial charge in [-0.3, -0.25) is 9.59 Å². The summed E-state index contributed by atoms with van der Waals surface area (Å²) in [6.45, 7) is 0.825. The third-order valence-electron chi connectivity index (χ3n) is 3.06. The Labute approximate surface area is 143 Å². The average molecular weight is 408 g/mol. The Kier molecular flexibility index (Phi) is 6.39. The predicted octanol–water partition coefficient (Wildman–Crippen LogP) is 2.38. The van der Waals surface area contributed by atoms with Gasteiger partial charge in [-0.05, 0) is 40.3 Å². The molecule has 4 nitrogen and oxygen atoms in total. The zero-order chi connectivity index (χ0) is 15.8. The number of hydrogen-bond donors (Lipinski definition) is 2. The van der Waals surface area contributed by atoms with Crippen LogP contribution in [0.3, 0.4) is 0 Å². The molecular formula is C17H17IN2O2. The van der Waals surface area contributed by atoms with Crippen LogP contribution in [0.4, 0.5) is 0 Å². The van der Waals surface area contributed by atoms with E-state index in [1.165, 1.54) is 0 Å². The molecule has 0 saturated heterocycles. The number of nitrogens with one attached hydrogen (secondary N) is 2. The van der Waals surface area contributed by atoms with Crippen LogP contribution in [0.5, 0.6) is 0 Å². The van der Waals surface area contributed by atoms with Crippen LogP contribution in [-0.4, -0.2) is 24.9 Å². The van der Waals surface area contributed by atoms with E-state index in [0.717, 1.165) is 9.13 Å². The Hall–Kier alpha value is -1.89. The van der Waals surface area contributed by atoms with Crippen molar-refractivity contribution in [1.29, 1.82) is 0 Å². The molecule has 0 fully saturated rings. The Morgan fingerprint density at radius 3 is 2.23 bits per heavy atom. The number of rotatable bonds is 6. The molecule has 2 rings (SSSR count). The molecule has 0 bridgehead atoms. The minimum atomic E-state index is -0.123. The second-order valence-corrected chi connectivity index (χ2v) is 5.91. The topological polar surface area (TPSA) is 58.2 Å². The summed E-state index contributed by atoms with van der Waals surface area (Å²) < 4.78 is 0.908. The Morgan fingerprint density at radius 1 is 0.864 bits per heavy atom. The largest absolute Gasteiger partial charge is 0.354 e. The minimum absolute atomic E-state index is 0.0465. The average Bonchev–Trinajstić information content (AvgIpc) is 2.53. The van der Waals surface area contributed by atoms with Gasteiger partial charge in [0.25, 0.3) is 5.91 Å². The summed E-state index contributed by atoms with van der Waals surface area (Å²) in [5, 5.41) is 5.60. The minimum Gasteiger partial charge on any atom is -0.354 e. The third-order valence-corrected chi connectivity index (χ3v) is 4.00. The molecule has 2 N–H and O–H groups in total. The number of halogens is 1. The van der Waals surface area contributed by atoms with Gasteiger partial charge in [0.05, 0.1) is 12.0 Å². The Morgan fingerprint density at radius 2 is 1.50 bits per heavy atom. The van der Waals surface area contributed by atoms with Crippen molar-refractivity contribution < 1.29 is 9.59 Å². The fourth-order valence-electron chi connectivity index (χ4n) is 1.96. The van der Waals surface area contributed by atoms with E-state index < -0.39 is 0 Å². The van der Waals surface area contributed by atoms with Gasteiger partial charge in [-0.2, -0.15) is 0 Å². The number of benzene rings is 2. The summed E-state index contributed by atoms with van der Waals surface area (Å²) in [5.74, 6) is -0.169. The zero-order valence-electron chi connectivity index (χ0n) is 12.0. The fourth-order valence-corrected chi connectivity index (χ4v) is 2.59. The molecule has 0 radical (unpaired) electrons. The first-order valence-electron chi connectivity index (χ1n) is 7.00. The van der Waals surface area contributed by atoms with E-state index >= 15 is 0 Å². The second kappa shape index (κ2) is 8.53. The van der Waals surface area contributed by atoms with E-state index in [1.807, 2.05) is 48.5 Å². The van der Waals surface area contributed by atoms with Crippen molar-refractivity contribution in [3.8, 4) is 0 Å². The first kappa shape index (κ1) is 16.5. The van der Waals surface area contributed by atoms with Crippen LogP contribution in [0.15, 0.2) is 54.6 Å². The summed E-state index contributed by atoms with van der Waals surface area (Å²) in [4.78, 5) is 23.7. The lowest BCUT2D eigenvalue weighted by atomic mass is 10.1. The van der Waals surface area contributed by atoms with Crippen molar-refractivity contribution in [2.24, 2.45) is 0 Å². The van der Waals surface area contributed by atoms with Crippen molar-refractivity contribution in [3.05, 3.63) is 69.3 Å². The monoisotopic (exact) mass is 408 g/mol. The van der Waals surface area contributed by atoms with Crippen LogP contribution in [0, 0.1) is 3.57 Å². The Balaban J connectivity index is 1.70. The molecular weight excluding hydrogens is 391 g/mol. The maximum atomic E-state index is 12.0. The normalized spacial score (nSPS) is 10.0. The van der Waals surface area contributed by atoms with Gasteiger partial charge in [0.2, 0.25) is 5.91 Å². The van der Waals surface area contributed by atoms with Crippen molar-refractivity contribution in [2.45, 2.75) is 6.42 Å². The van der Waals surface area contributed by atoms with Gasteiger partial charge in [0.1, 0.15) is 0 Å². The van der Waals surface area contributed by atoms with Crippen molar-refractivity contribution >= 4 is 34.4 Å². The van der Waals surface area contributed by atoms with Crippen molar-refractivity contribution in [1.82, 2.24) is 10.6 Å². The number of amides is 2. The van der Waals surface area contributed by atoms with E-state index in [2.05, 4.69) is 33.2 Å². The third kappa shape index (κ3) is 5.14. The second-order valence-electron chi connectivity index (χ2n) is 4.75. The summed E-state index contributed by atoms with van der Waals surface area (Å²) >= 11 is 2.13. The van der Waals surface area contributed by atoms with Crippen LogP contribution in [-0.2, 0) is 11.2 Å². The first-order valence-corrected chi connectivity index (χ1v) is 8.08. The molecule has 114 valence electrons. The first-order chi connectivity index (χ1) is 10.7. The lowest BCUT2D eigenvalue weighted by molar-refractivity contribution is -0.120. The van der Waals surface area contributed by atoms with E-state index in [1.54, 1.807) is 6.07 Å². The molecule has 0 aliphatic heterocycles. The van der Waals surface area contributed by atoms with E-state index in [9.17, 15) is 9.59 Å². The molecule has 0 unspecified atom stereocenters. The summed E-state index contributed by atoms with van der Waals surface area (Å²) in [6, 6.07) is 17.0. The highest BCUT2D eigenvalue weighted by atomic mass is 127. The molecule has 2 amide bonds. The standard InChI is InChI=1S/C17H17IN2O2/c18-15-9-5-4-8-14(15)17(22)20-11-10-19-16(21)12-13-6-2-1-3-7-13/h1-9H,10-12H2,(H,19,21)(H,20,22). The van der Waals surface area contributed by atoms with Crippen molar-refractivity contribution in [2.75, 3.05) is 13.1 Å². The van der Waals surface area contributed by atoms with E-state index in [0.29, 0.717) is 25.1 Å². The van der Waals surface area contributed by atoms with Gasteiger partial charge in [-0.15, -0.1) is 0 Å². The van der Waals surface area contributed by atoms with Crippen LogP contribution >= 0.6 is 22.6 Å². The molecule has 0 aromatic heterocycles. The molecule has 2 aromatic rings. The molecule has 0 spiro atoms. The highest BCUT2D eigenvalue weighted by Gasteiger charge is 2.08. The predicted molar refractivity (Wildman–Crippen MR) is 94.6 cm³/mol. The number of carbonyl (C=O) groups is 2. The van der Waals surface area contributed by atoms with Crippen LogP contribution in [0.2, 0.25) is 0 Å². The summed E-state index contributed by atoms with van der Waals surface area (Å²) in [7, 11) is 0. The van der Waals surface area contributed by atoms with Crippen LogP contribution in [0.1, 0.15) is 15.9 Å². The number of carbonyl (C=O) groups excluding carboxylic acids is 2. The SMILES string of the molecule is O=C(Cc1ccccc1)NCCNC(=O)c1ccccc1I. The molecule has 0 heterocycles. The maximum absolute atomic E-state index is 12.0. The number of hydrogen-bond acceptors (Lipinski definition) is 2. The van der Waals surface area contributed by atoms with Crippen LogP contribution in [0.25, 0.3) is 0 Å². The van der Waals surface area contributed by atoms with Gasteiger partial charge in [0.15, 0.2) is 0 Å². The highest BCUT2D eigenvalue weighted by molar-refractivity contribution is 14.1.